The molecule has 1 saturated heterocycles. The lowest BCUT2D eigenvalue weighted by molar-refractivity contribution is -0.133. The van der Waals surface area contributed by atoms with Gasteiger partial charge in [0.2, 0.25) is 5.91 Å². The predicted molar refractivity (Wildman–Crippen MR) is 126 cm³/mol. The van der Waals surface area contributed by atoms with Crippen LogP contribution in [-0.2, 0) is 22.6 Å². The zero-order valence-corrected chi connectivity index (χ0v) is 19.4. The number of halogens is 1. The first-order valence-electron chi connectivity index (χ1n) is 10.9. The third kappa shape index (κ3) is 4.81. The van der Waals surface area contributed by atoms with Crippen molar-refractivity contribution in [2.75, 3.05) is 32.8 Å². The fourth-order valence-corrected chi connectivity index (χ4v) is 4.02. The van der Waals surface area contributed by atoms with Gasteiger partial charge in [-0.05, 0) is 36.8 Å². The van der Waals surface area contributed by atoms with Crippen molar-refractivity contribution in [3.63, 3.8) is 0 Å². The van der Waals surface area contributed by atoms with Crippen molar-refractivity contribution >= 4 is 34.6 Å². The molecule has 0 spiro atoms. The first-order chi connectivity index (χ1) is 16.4. The third-order valence-corrected chi connectivity index (χ3v) is 5.94. The number of pyridine rings is 1. The highest BCUT2D eigenvalue weighted by Gasteiger charge is 2.26. The highest BCUT2D eigenvalue weighted by atomic mass is 35.5. The maximum Gasteiger partial charge on any atom is 0.409 e. The Morgan fingerprint density at radius 3 is 2.35 bits per heavy atom. The van der Waals surface area contributed by atoms with E-state index in [1.54, 1.807) is 53.1 Å². The van der Waals surface area contributed by atoms with E-state index in [4.69, 9.17) is 16.3 Å². The molecular weight excluding hydrogens is 462 g/mol. The van der Waals surface area contributed by atoms with Crippen molar-refractivity contribution < 1.29 is 14.3 Å². The van der Waals surface area contributed by atoms with E-state index in [0.29, 0.717) is 42.3 Å². The van der Waals surface area contributed by atoms with Crippen LogP contribution in [0.4, 0.5) is 4.79 Å². The molecular formula is C23H24ClN5O5. The molecule has 2 amide bonds. The van der Waals surface area contributed by atoms with Crippen LogP contribution in [0.5, 0.6) is 0 Å². The summed E-state index contributed by atoms with van der Waals surface area (Å²) in [6.07, 6.45) is 1.07. The van der Waals surface area contributed by atoms with Gasteiger partial charge in [0.25, 0.3) is 5.56 Å². The molecule has 0 atom stereocenters. The Bertz CT molecular complexity index is 1330. The van der Waals surface area contributed by atoms with E-state index in [2.05, 4.69) is 4.98 Å². The van der Waals surface area contributed by atoms with Crippen molar-refractivity contribution in [2.24, 2.45) is 0 Å². The van der Waals surface area contributed by atoms with Crippen molar-refractivity contribution in [3.05, 3.63) is 74.0 Å². The largest absolute Gasteiger partial charge is 0.450 e. The lowest BCUT2D eigenvalue weighted by Gasteiger charge is -2.34. The summed E-state index contributed by atoms with van der Waals surface area (Å²) >= 11 is 5.94. The van der Waals surface area contributed by atoms with Gasteiger partial charge in [-0.15, -0.1) is 0 Å². The van der Waals surface area contributed by atoms with Crippen LogP contribution < -0.4 is 11.2 Å². The molecule has 4 rings (SSSR count). The predicted octanol–water partition coefficient (Wildman–Crippen LogP) is 1.56. The van der Waals surface area contributed by atoms with E-state index < -0.39 is 17.3 Å². The van der Waals surface area contributed by atoms with Crippen LogP contribution in [0.3, 0.4) is 0 Å². The number of carbonyl (C=O) groups is 2. The van der Waals surface area contributed by atoms with Crippen LogP contribution in [0.25, 0.3) is 11.0 Å². The van der Waals surface area contributed by atoms with Gasteiger partial charge in [0.15, 0.2) is 5.52 Å². The van der Waals surface area contributed by atoms with Gasteiger partial charge >= 0.3 is 11.8 Å². The van der Waals surface area contributed by atoms with E-state index in [1.165, 1.54) is 10.8 Å². The SMILES string of the molecule is CCOC(=O)N1CCN(C(=O)Cn2c(=O)n(Cc3ccc(Cl)cc3)c(=O)c3ncccc32)CC1. The van der Waals surface area contributed by atoms with Gasteiger partial charge < -0.3 is 14.5 Å². The second-order valence-electron chi connectivity index (χ2n) is 7.82. The molecule has 0 N–H and O–H groups in total. The number of benzene rings is 1. The number of hydrogen-bond acceptors (Lipinski definition) is 6. The standard InChI is InChI=1S/C23H24ClN5O5/c1-2-34-23(33)27-12-10-26(11-13-27)19(30)15-28-18-4-3-9-25-20(18)21(31)29(22(28)32)14-16-5-7-17(24)8-6-16/h3-9H,2,10-15H2,1H3. The Balaban J connectivity index is 1.61. The van der Waals surface area contributed by atoms with Crippen LogP contribution >= 0.6 is 11.6 Å². The Labute approximate surface area is 199 Å². The fraction of sp³-hybridized carbons (Fsp3) is 0.348. The van der Waals surface area contributed by atoms with E-state index in [-0.39, 0.29) is 31.1 Å². The van der Waals surface area contributed by atoms with Gasteiger partial charge in [-0.3, -0.25) is 18.7 Å². The van der Waals surface area contributed by atoms with Crippen molar-refractivity contribution in [1.29, 1.82) is 0 Å². The number of rotatable bonds is 5. The van der Waals surface area contributed by atoms with E-state index in [0.717, 1.165) is 4.57 Å². The first-order valence-corrected chi connectivity index (χ1v) is 11.3. The van der Waals surface area contributed by atoms with Crippen LogP contribution in [0.15, 0.2) is 52.2 Å². The van der Waals surface area contributed by atoms with Gasteiger partial charge in [-0.2, -0.15) is 0 Å². The molecule has 34 heavy (non-hydrogen) atoms. The summed E-state index contributed by atoms with van der Waals surface area (Å²) in [5, 5.41) is 0.544. The minimum absolute atomic E-state index is 0.0216. The molecule has 0 aliphatic carbocycles. The van der Waals surface area contributed by atoms with Crippen LogP contribution in [0.2, 0.25) is 5.02 Å². The summed E-state index contributed by atoms with van der Waals surface area (Å²) in [6, 6.07) is 10.0. The number of carbonyl (C=O) groups excluding carboxylic acids is 2. The molecule has 178 valence electrons. The summed E-state index contributed by atoms with van der Waals surface area (Å²) < 4.78 is 7.36. The number of ether oxygens (including phenoxy) is 1. The average Bonchev–Trinajstić information content (AvgIpc) is 2.85. The molecule has 1 aliphatic heterocycles. The summed E-state index contributed by atoms with van der Waals surface area (Å²) in [5.41, 5.74) is -0.00698. The zero-order chi connectivity index (χ0) is 24.2. The molecule has 0 bridgehead atoms. The maximum atomic E-state index is 13.3. The van der Waals surface area contributed by atoms with Crippen LogP contribution in [0, 0.1) is 0 Å². The van der Waals surface area contributed by atoms with Crippen molar-refractivity contribution in [1.82, 2.24) is 23.9 Å². The minimum Gasteiger partial charge on any atom is -0.450 e. The lowest BCUT2D eigenvalue weighted by atomic mass is 10.2. The van der Waals surface area contributed by atoms with E-state index in [9.17, 15) is 19.2 Å². The Kier molecular flexibility index (Phi) is 6.97. The van der Waals surface area contributed by atoms with Gasteiger partial charge in [0.05, 0.1) is 18.7 Å². The number of fused-ring (bicyclic) bond motifs is 1. The zero-order valence-electron chi connectivity index (χ0n) is 18.6. The minimum atomic E-state index is -0.598. The Hall–Kier alpha value is -3.66. The van der Waals surface area contributed by atoms with Crippen LogP contribution in [0.1, 0.15) is 12.5 Å². The highest BCUT2D eigenvalue weighted by molar-refractivity contribution is 6.30. The number of piperazine rings is 1. The van der Waals surface area contributed by atoms with E-state index in [1.807, 2.05) is 0 Å². The van der Waals surface area contributed by atoms with Gasteiger partial charge in [-0.25, -0.2) is 14.6 Å². The van der Waals surface area contributed by atoms with Crippen LogP contribution in [-0.4, -0.2) is 68.7 Å². The monoisotopic (exact) mass is 485 g/mol. The quantitative estimate of drug-likeness (QED) is 0.543. The molecule has 10 nitrogen and oxygen atoms in total. The summed E-state index contributed by atoms with van der Waals surface area (Å²) in [4.78, 5) is 58.6. The lowest BCUT2D eigenvalue weighted by Crippen LogP contribution is -2.52. The molecule has 1 aromatic carbocycles. The van der Waals surface area contributed by atoms with Gasteiger partial charge in [0.1, 0.15) is 6.54 Å². The summed E-state index contributed by atoms with van der Waals surface area (Å²) in [6.45, 7) is 3.14. The number of aromatic nitrogens is 3. The number of nitrogens with zero attached hydrogens (tertiary/aromatic N) is 5. The van der Waals surface area contributed by atoms with Gasteiger partial charge in [-0.1, -0.05) is 23.7 Å². The maximum absolute atomic E-state index is 13.3. The molecule has 3 aromatic rings. The molecule has 1 aliphatic rings. The molecule has 11 heteroatoms. The second-order valence-corrected chi connectivity index (χ2v) is 8.26. The van der Waals surface area contributed by atoms with Crippen molar-refractivity contribution in [2.45, 2.75) is 20.0 Å². The topological polar surface area (TPSA) is 107 Å². The second kappa shape index (κ2) is 10.1. The normalized spacial score (nSPS) is 13.8. The number of hydrogen-bond donors (Lipinski definition) is 0. The first kappa shape index (κ1) is 23.5. The van der Waals surface area contributed by atoms with E-state index >= 15 is 0 Å². The number of amides is 2. The molecule has 0 unspecified atom stereocenters. The fourth-order valence-electron chi connectivity index (χ4n) is 3.90. The molecule has 1 fully saturated rings. The highest BCUT2D eigenvalue weighted by Crippen LogP contribution is 2.11. The third-order valence-electron chi connectivity index (χ3n) is 5.69. The summed E-state index contributed by atoms with van der Waals surface area (Å²) in [5.74, 6) is -0.285. The summed E-state index contributed by atoms with van der Waals surface area (Å²) in [7, 11) is 0. The van der Waals surface area contributed by atoms with Crippen molar-refractivity contribution in [3.8, 4) is 0 Å². The smallest absolute Gasteiger partial charge is 0.409 e. The van der Waals surface area contributed by atoms with Gasteiger partial charge in [0, 0.05) is 37.4 Å². The molecule has 0 saturated carbocycles. The molecule has 3 heterocycles. The molecule has 0 radical (unpaired) electrons. The Morgan fingerprint density at radius 1 is 1.00 bits per heavy atom. The Morgan fingerprint density at radius 2 is 1.68 bits per heavy atom. The molecule has 2 aromatic heterocycles. The average molecular weight is 486 g/mol.